The van der Waals surface area contributed by atoms with Crippen LogP contribution in [-0.4, -0.2) is 78.6 Å². The zero-order chi connectivity index (χ0) is 25.1. The molecule has 10 nitrogen and oxygen atoms in total. The van der Waals surface area contributed by atoms with Crippen LogP contribution in [0.2, 0.25) is 0 Å². The van der Waals surface area contributed by atoms with Crippen LogP contribution < -0.4 is 5.56 Å². The van der Waals surface area contributed by atoms with Crippen molar-refractivity contribution >= 4 is 0 Å². The van der Waals surface area contributed by atoms with Gasteiger partial charge in [-0.1, -0.05) is 24.0 Å². The number of fused-ring (bicyclic) bond motifs is 1. The maximum absolute atomic E-state index is 11.6. The van der Waals surface area contributed by atoms with Gasteiger partial charge in [0.05, 0.1) is 31.8 Å². The monoisotopic (exact) mass is 491 g/mol. The third-order valence-corrected chi connectivity index (χ3v) is 6.65. The first-order valence-electron chi connectivity index (χ1n) is 11.9. The molecule has 2 unspecified atom stereocenters. The average molecular weight is 492 g/mol. The first-order valence-corrected chi connectivity index (χ1v) is 11.9. The summed E-state index contributed by atoms with van der Waals surface area (Å²) in [6, 6.07) is 9.62. The Kier molecular flexibility index (Phi) is 7.18. The van der Waals surface area contributed by atoms with E-state index in [1.54, 1.807) is 15.7 Å². The molecule has 4 N–H and O–H groups in total. The number of aliphatic hydroxyl groups is 2. The van der Waals surface area contributed by atoms with Gasteiger partial charge < -0.3 is 29.6 Å². The largest absolute Gasteiger partial charge is 0.502 e. The van der Waals surface area contributed by atoms with E-state index in [1.807, 2.05) is 18.2 Å². The van der Waals surface area contributed by atoms with E-state index in [0.717, 1.165) is 49.7 Å². The van der Waals surface area contributed by atoms with Gasteiger partial charge in [-0.25, -0.2) is 9.88 Å². The highest BCUT2D eigenvalue weighted by molar-refractivity contribution is 5.44. The highest BCUT2D eigenvalue weighted by Gasteiger charge is 2.34. The van der Waals surface area contributed by atoms with Crippen molar-refractivity contribution in [2.24, 2.45) is 0 Å². The molecule has 3 aromatic rings. The van der Waals surface area contributed by atoms with Gasteiger partial charge >= 0.3 is 0 Å². The second kappa shape index (κ2) is 10.7. The molecule has 2 atom stereocenters. The molecule has 1 aromatic carbocycles. The van der Waals surface area contributed by atoms with E-state index < -0.39 is 23.7 Å². The second-order valence-corrected chi connectivity index (χ2v) is 9.05. The standard InChI is InChI=1S/C26H29N5O5/c32-16-22(12-23-24(33)25(34)28-17-27-23)31-15-21-11-20(14-30(21)26(31)35)6-3-18-1-4-19(5-2-18)13-29-7-9-36-10-8-29/h1-2,4-5,11,14,17,22,26,32-33,35H,7-10,12-13,15-16H2,(H,27,28,34). The smallest absolute Gasteiger partial charge is 0.293 e. The minimum Gasteiger partial charge on any atom is -0.502 e. The number of aromatic amines is 1. The number of aliphatic hydroxyl groups excluding tert-OH is 2. The molecule has 1 fully saturated rings. The normalized spacial score (nSPS) is 19.0. The highest BCUT2D eigenvalue weighted by Crippen LogP contribution is 2.30. The lowest BCUT2D eigenvalue weighted by atomic mass is 10.1. The van der Waals surface area contributed by atoms with E-state index in [-0.39, 0.29) is 18.7 Å². The number of nitrogens with zero attached hydrogens (tertiary/aromatic N) is 4. The Morgan fingerprint density at radius 2 is 1.92 bits per heavy atom. The number of hydrogen-bond donors (Lipinski definition) is 4. The lowest BCUT2D eigenvalue weighted by Crippen LogP contribution is -2.39. The molecule has 1 saturated heterocycles. The second-order valence-electron chi connectivity index (χ2n) is 9.05. The van der Waals surface area contributed by atoms with Crippen LogP contribution in [0.5, 0.6) is 5.75 Å². The third-order valence-electron chi connectivity index (χ3n) is 6.65. The van der Waals surface area contributed by atoms with Crippen molar-refractivity contribution < 1.29 is 20.1 Å². The van der Waals surface area contributed by atoms with Crippen molar-refractivity contribution in [2.45, 2.75) is 31.9 Å². The number of morpholine rings is 1. The minimum atomic E-state index is -1.00. The van der Waals surface area contributed by atoms with Crippen molar-refractivity contribution in [3.05, 3.63) is 81.3 Å². The number of ether oxygens (including phenoxy) is 1. The van der Waals surface area contributed by atoms with E-state index in [0.29, 0.717) is 6.54 Å². The Hall–Kier alpha value is -3.46. The van der Waals surface area contributed by atoms with Crippen LogP contribution in [-0.2, 0) is 24.2 Å². The minimum absolute atomic E-state index is 0.113. The Bertz CT molecular complexity index is 1320. The van der Waals surface area contributed by atoms with Crippen LogP contribution in [0.25, 0.3) is 0 Å². The molecule has 2 aliphatic heterocycles. The van der Waals surface area contributed by atoms with Crippen molar-refractivity contribution in [3.8, 4) is 17.6 Å². The predicted octanol–water partition coefficient (Wildman–Crippen LogP) is 0.377. The van der Waals surface area contributed by atoms with Crippen molar-refractivity contribution in [2.75, 3.05) is 32.9 Å². The quantitative estimate of drug-likeness (QED) is 0.365. The zero-order valence-electron chi connectivity index (χ0n) is 19.8. The molecular weight excluding hydrogens is 462 g/mol. The van der Waals surface area contributed by atoms with E-state index in [1.165, 1.54) is 11.9 Å². The summed E-state index contributed by atoms with van der Waals surface area (Å²) in [5.41, 5.74) is 3.34. The Morgan fingerprint density at radius 3 is 2.64 bits per heavy atom. The van der Waals surface area contributed by atoms with Crippen LogP contribution in [0.4, 0.5) is 0 Å². The third kappa shape index (κ3) is 5.21. The van der Waals surface area contributed by atoms with Crippen LogP contribution in [0.3, 0.4) is 0 Å². The van der Waals surface area contributed by atoms with Crippen molar-refractivity contribution in [3.63, 3.8) is 0 Å². The number of aromatic nitrogens is 3. The molecule has 5 rings (SSSR count). The van der Waals surface area contributed by atoms with Gasteiger partial charge in [-0.05, 0) is 23.8 Å². The predicted molar refractivity (Wildman–Crippen MR) is 131 cm³/mol. The van der Waals surface area contributed by atoms with Gasteiger partial charge in [-0.3, -0.25) is 9.69 Å². The average Bonchev–Trinajstić information content (AvgIpc) is 3.43. The van der Waals surface area contributed by atoms with Crippen LogP contribution >= 0.6 is 0 Å². The molecule has 2 aromatic heterocycles. The van der Waals surface area contributed by atoms with Gasteiger partial charge in [0, 0.05) is 61.7 Å². The fourth-order valence-corrected chi connectivity index (χ4v) is 4.62. The molecule has 0 radical (unpaired) electrons. The molecule has 188 valence electrons. The van der Waals surface area contributed by atoms with Gasteiger partial charge in [0.2, 0.25) is 5.75 Å². The number of H-pyrrole nitrogens is 1. The number of nitrogens with one attached hydrogen (secondary N) is 1. The summed E-state index contributed by atoms with van der Waals surface area (Å²) < 4.78 is 7.11. The summed E-state index contributed by atoms with van der Waals surface area (Å²) in [5, 5.41) is 30.8. The molecular formula is C26H29N5O5. The summed E-state index contributed by atoms with van der Waals surface area (Å²) in [6.45, 7) is 4.49. The molecule has 36 heavy (non-hydrogen) atoms. The number of rotatable bonds is 6. The molecule has 0 aliphatic carbocycles. The highest BCUT2D eigenvalue weighted by atomic mass is 16.5. The Morgan fingerprint density at radius 1 is 1.17 bits per heavy atom. The van der Waals surface area contributed by atoms with Gasteiger partial charge in [-0.15, -0.1) is 0 Å². The number of aromatic hydroxyl groups is 1. The summed E-state index contributed by atoms with van der Waals surface area (Å²) in [7, 11) is 0. The van der Waals surface area contributed by atoms with E-state index >= 15 is 0 Å². The summed E-state index contributed by atoms with van der Waals surface area (Å²) in [5.74, 6) is 5.87. The summed E-state index contributed by atoms with van der Waals surface area (Å²) >= 11 is 0. The van der Waals surface area contributed by atoms with E-state index in [4.69, 9.17) is 4.74 Å². The Labute approximate surface area is 208 Å². The Balaban J connectivity index is 1.23. The first-order chi connectivity index (χ1) is 17.5. The summed E-state index contributed by atoms with van der Waals surface area (Å²) in [6.07, 6.45) is 2.11. The molecule has 0 amide bonds. The lowest BCUT2D eigenvalue weighted by molar-refractivity contribution is -0.0696. The maximum atomic E-state index is 11.6. The van der Waals surface area contributed by atoms with Crippen LogP contribution in [0.1, 0.15) is 34.4 Å². The summed E-state index contributed by atoms with van der Waals surface area (Å²) in [4.78, 5) is 22.0. The lowest BCUT2D eigenvalue weighted by Gasteiger charge is -2.28. The molecule has 0 bridgehead atoms. The van der Waals surface area contributed by atoms with Gasteiger partial charge in [-0.2, -0.15) is 0 Å². The topological polar surface area (TPSA) is 127 Å². The molecule has 10 heteroatoms. The molecule has 4 heterocycles. The molecule has 0 spiro atoms. The number of hydrogen-bond acceptors (Lipinski definition) is 8. The fraction of sp³-hybridized carbons (Fsp3) is 0.385. The molecule has 0 saturated carbocycles. The SMILES string of the molecule is O=c1[nH]cnc(CC(CO)N2Cc3cc(C#Cc4ccc(CN5CCOCC5)cc4)cn3C2O)c1O. The van der Waals surface area contributed by atoms with Crippen molar-refractivity contribution in [1.82, 2.24) is 24.3 Å². The van der Waals surface area contributed by atoms with E-state index in [2.05, 4.69) is 38.8 Å². The van der Waals surface area contributed by atoms with E-state index in [9.17, 15) is 20.1 Å². The van der Waals surface area contributed by atoms with Gasteiger partial charge in [0.1, 0.15) is 0 Å². The fourth-order valence-electron chi connectivity index (χ4n) is 4.62. The van der Waals surface area contributed by atoms with Gasteiger partial charge in [0.15, 0.2) is 6.35 Å². The van der Waals surface area contributed by atoms with Gasteiger partial charge in [0.25, 0.3) is 5.56 Å². The van der Waals surface area contributed by atoms with Crippen LogP contribution in [0, 0.1) is 11.8 Å². The first kappa shape index (κ1) is 24.2. The maximum Gasteiger partial charge on any atom is 0.293 e. The zero-order valence-corrected chi connectivity index (χ0v) is 19.8. The van der Waals surface area contributed by atoms with Crippen LogP contribution in [0.15, 0.2) is 47.7 Å². The number of benzene rings is 1. The molecule has 2 aliphatic rings. The van der Waals surface area contributed by atoms with Crippen molar-refractivity contribution in [1.29, 1.82) is 0 Å².